The highest BCUT2D eigenvalue weighted by molar-refractivity contribution is 7.11. The van der Waals surface area contributed by atoms with E-state index in [1.54, 1.807) is 0 Å². The summed E-state index contributed by atoms with van der Waals surface area (Å²) in [5, 5.41) is 3.73. The Morgan fingerprint density at radius 3 is 2.84 bits per heavy atom. The first kappa shape index (κ1) is 14.1. The van der Waals surface area contributed by atoms with Gasteiger partial charge in [0.05, 0.1) is 12.7 Å². The summed E-state index contributed by atoms with van der Waals surface area (Å²) in [4.78, 5) is 11.2. The Labute approximate surface area is 116 Å². The SMILES string of the molecule is NC(=O)c1c(N)nsc1NCCOC1CCCCC1. The van der Waals surface area contributed by atoms with Gasteiger partial charge in [0.2, 0.25) is 0 Å². The van der Waals surface area contributed by atoms with Gasteiger partial charge in [-0.15, -0.1) is 0 Å². The number of aromatic nitrogens is 1. The van der Waals surface area contributed by atoms with E-state index in [-0.39, 0.29) is 11.4 Å². The average molecular weight is 284 g/mol. The largest absolute Gasteiger partial charge is 0.382 e. The molecule has 19 heavy (non-hydrogen) atoms. The summed E-state index contributed by atoms with van der Waals surface area (Å²) in [6.07, 6.45) is 6.53. The third kappa shape index (κ3) is 3.81. The van der Waals surface area contributed by atoms with E-state index in [4.69, 9.17) is 16.2 Å². The molecule has 5 N–H and O–H groups in total. The van der Waals surface area contributed by atoms with Crippen molar-refractivity contribution in [1.82, 2.24) is 4.37 Å². The molecule has 0 aliphatic heterocycles. The first-order chi connectivity index (χ1) is 9.18. The standard InChI is InChI=1S/C12H20N4O2S/c13-10-9(11(14)17)12(19-16-10)15-6-7-18-8-4-2-1-3-5-8/h8,15H,1-7H2,(H2,13,16)(H2,14,17). The van der Waals surface area contributed by atoms with Crippen LogP contribution in [0.4, 0.5) is 10.8 Å². The zero-order chi connectivity index (χ0) is 13.7. The lowest BCUT2D eigenvalue weighted by Crippen LogP contribution is -2.21. The maximum absolute atomic E-state index is 11.2. The summed E-state index contributed by atoms with van der Waals surface area (Å²) in [7, 11) is 0. The number of rotatable bonds is 6. The molecular weight excluding hydrogens is 264 g/mol. The molecule has 106 valence electrons. The van der Waals surface area contributed by atoms with Gasteiger partial charge in [0, 0.05) is 6.54 Å². The molecule has 1 aromatic heterocycles. The fourth-order valence-electron chi connectivity index (χ4n) is 2.28. The quantitative estimate of drug-likeness (QED) is 0.688. The van der Waals surface area contributed by atoms with E-state index < -0.39 is 5.91 Å². The Kier molecular flexibility index (Phi) is 4.98. The van der Waals surface area contributed by atoms with Crippen molar-refractivity contribution in [3.8, 4) is 0 Å². The number of nitrogens with one attached hydrogen (secondary N) is 1. The molecule has 1 amide bonds. The minimum atomic E-state index is -0.554. The van der Waals surface area contributed by atoms with E-state index in [1.807, 2.05) is 0 Å². The fourth-order valence-corrected chi connectivity index (χ4v) is 3.03. The molecule has 6 nitrogen and oxygen atoms in total. The number of amides is 1. The van der Waals surface area contributed by atoms with Gasteiger partial charge in [0.25, 0.3) is 5.91 Å². The van der Waals surface area contributed by atoms with Gasteiger partial charge in [-0.2, -0.15) is 4.37 Å². The van der Waals surface area contributed by atoms with Crippen LogP contribution in [0.5, 0.6) is 0 Å². The molecule has 1 aliphatic carbocycles. The van der Waals surface area contributed by atoms with Crippen LogP contribution in [-0.4, -0.2) is 29.5 Å². The lowest BCUT2D eigenvalue weighted by Gasteiger charge is -2.22. The fraction of sp³-hybridized carbons (Fsp3) is 0.667. The van der Waals surface area contributed by atoms with Crippen molar-refractivity contribution in [2.75, 3.05) is 24.2 Å². The number of hydrogen-bond acceptors (Lipinski definition) is 6. The van der Waals surface area contributed by atoms with Gasteiger partial charge in [-0.3, -0.25) is 4.79 Å². The van der Waals surface area contributed by atoms with Crippen LogP contribution in [0, 0.1) is 0 Å². The van der Waals surface area contributed by atoms with Crippen LogP contribution >= 0.6 is 11.5 Å². The van der Waals surface area contributed by atoms with Crippen LogP contribution in [-0.2, 0) is 4.74 Å². The van der Waals surface area contributed by atoms with Crippen molar-refractivity contribution in [3.05, 3.63) is 5.56 Å². The monoisotopic (exact) mass is 284 g/mol. The van der Waals surface area contributed by atoms with Crippen molar-refractivity contribution in [2.24, 2.45) is 5.73 Å². The summed E-state index contributed by atoms with van der Waals surface area (Å²) in [6, 6.07) is 0. The predicted molar refractivity (Wildman–Crippen MR) is 76.4 cm³/mol. The Morgan fingerprint density at radius 2 is 2.16 bits per heavy atom. The smallest absolute Gasteiger partial charge is 0.255 e. The van der Waals surface area contributed by atoms with Crippen molar-refractivity contribution < 1.29 is 9.53 Å². The van der Waals surface area contributed by atoms with Crippen LogP contribution in [0.3, 0.4) is 0 Å². The van der Waals surface area contributed by atoms with Gasteiger partial charge in [0.1, 0.15) is 10.6 Å². The molecule has 7 heteroatoms. The Morgan fingerprint density at radius 1 is 1.42 bits per heavy atom. The van der Waals surface area contributed by atoms with Gasteiger partial charge in [-0.25, -0.2) is 0 Å². The molecule has 1 aliphatic rings. The van der Waals surface area contributed by atoms with E-state index in [9.17, 15) is 4.79 Å². The van der Waals surface area contributed by atoms with E-state index >= 15 is 0 Å². The molecule has 1 heterocycles. The molecule has 0 bridgehead atoms. The van der Waals surface area contributed by atoms with Crippen molar-refractivity contribution in [3.63, 3.8) is 0 Å². The maximum Gasteiger partial charge on any atom is 0.255 e. The van der Waals surface area contributed by atoms with Gasteiger partial charge in [-0.05, 0) is 24.4 Å². The van der Waals surface area contributed by atoms with Crippen LogP contribution < -0.4 is 16.8 Å². The number of nitrogens with zero attached hydrogens (tertiary/aromatic N) is 1. The number of ether oxygens (including phenoxy) is 1. The van der Waals surface area contributed by atoms with E-state index in [0.29, 0.717) is 24.3 Å². The molecular formula is C12H20N4O2S. The minimum absolute atomic E-state index is 0.188. The number of anilines is 2. The summed E-state index contributed by atoms with van der Waals surface area (Å²) < 4.78 is 9.71. The zero-order valence-corrected chi connectivity index (χ0v) is 11.7. The van der Waals surface area contributed by atoms with Gasteiger partial charge in [0.15, 0.2) is 5.82 Å². The third-order valence-electron chi connectivity index (χ3n) is 3.26. The number of nitrogens with two attached hydrogens (primary N) is 2. The van der Waals surface area contributed by atoms with E-state index in [2.05, 4.69) is 9.69 Å². The van der Waals surface area contributed by atoms with Crippen LogP contribution in [0.15, 0.2) is 0 Å². The number of carbonyl (C=O) groups excluding carboxylic acids is 1. The lowest BCUT2D eigenvalue weighted by molar-refractivity contribution is 0.0347. The van der Waals surface area contributed by atoms with Crippen molar-refractivity contribution >= 4 is 28.3 Å². The first-order valence-corrected chi connectivity index (χ1v) is 7.36. The molecule has 1 saturated carbocycles. The molecule has 0 spiro atoms. The maximum atomic E-state index is 11.2. The topological polar surface area (TPSA) is 103 Å². The van der Waals surface area contributed by atoms with E-state index in [0.717, 1.165) is 24.4 Å². The normalized spacial score (nSPS) is 16.4. The highest BCUT2D eigenvalue weighted by Gasteiger charge is 2.17. The van der Waals surface area contributed by atoms with E-state index in [1.165, 1.54) is 19.3 Å². The molecule has 0 atom stereocenters. The molecule has 0 saturated heterocycles. The Balaban J connectivity index is 1.75. The zero-order valence-electron chi connectivity index (χ0n) is 10.9. The first-order valence-electron chi connectivity index (χ1n) is 6.59. The summed E-state index contributed by atoms with van der Waals surface area (Å²) in [6.45, 7) is 1.24. The molecule has 1 fully saturated rings. The molecule has 0 aromatic carbocycles. The average Bonchev–Trinajstić information content (AvgIpc) is 2.77. The highest BCUT2D eigenvalue weighted by Crippen LogP contribution is 2.26. The Hall–Kier alpha value is -1.34. The predicted octanol–water partition coefficient (Wildman–Crippen LogP) is 1.59. The third-order valence-corrected chi connectivity index (χ3v) is 4.08. The van der Waals surface area contributed by atoms with Crippen molar-refractivity contribution in [1.29, 1.82) is 0 Å². The summed E-state index contributed by atoms with van der Waals surface area (Å²) >= 11 is 1.15. The molecule has 0 radical (unpaired) electrons. The Bertz CT molecular complexity index is 429. The number of primary amides is 1. The number of nitrogen functional groups attached to an aromatic ring is 1. The second-order valence-electron chi connectivity index (χ2n) is 4.69. The van der Waals surface area contributed by atoms with Crippen LogP contribution in [0.1, 0.15) is 42.5 Å². The van der Waals surface area contributed by atoms with Crippen molar-refractivity contribution in [2.45, 2.75) is 38.2 Å². The lowest BCUT2D eigenvalue weighted by atomic mass is 9.98. The summed E-state index contributed by atoms with van der Waals surface area (Å²) in [5.74, 6) is -0.366. The van der Waals surface area contributed by atoms with Gasteiger partial charge < -0.3 is 21.5 Å². The number of carbonyl (C=O) groups is 1. The van der Waals surface area contributed by atoms with Gasteiger partial charge >= 0.3 is 0 Å². The molecule has 0 unspecified atom stereocenters. The second kappa shape index (κ2) is 6.72. The minimum Gasteiger partial charge on any atom is -0.382 e. The summed E-state index contributed by atoms with van der Waals surface area (Å²) in [5.41, 5.74) is 11.1. The van der Waals surface area contributed by atoms with Gasteiger partial charge in [-0.1, -0.05) is 19.3 Å². The van der Waals surface area contributed by atoms with Crippen LogP contribution in [0.25, 0.3) is 0 Å². The highest BCUT2D eigenvalue weighted by atomic mass is 32.1. The second-order valence-corrected chi connectivity index (χ2v) is 5.47. The van der Waals surface area contributed by atoms with Crippen LogP contribution in [0.2, 0.25) is 0 Å². The molecule has 1 aromatic rings. The molecule has 2 rings (SSSR count). The number of hydrogen-bond donors (Lipinski definition) is 3.